The normalized spacial score (nSPS) is 10.2. The molecule has 0 fully saturated rings. The molecule has 0 spiro atoms. The first-order chi connectivity index (χ1) is 8.24. The number of hydrogen-bond acceptors (Lipinski definition) is 4. The van der Waals surface area contributed by atoms with Crippen LogP contribution in [0.2, 0.25) is 0 Å². The van der Waals surface area contributed by atoms with Crippen LogP contribution in [-0.2, 0) is 9.59 Å². The van der Waals surface area contributed by atoms with Gasteiger partial charge in [0, 0.05) is 18.0 Å². The number of unbranched alkanes of at least 4 members (excludes halogenated alkanes) is 4. The van der Waals surface area contributed by atoms with E-state index in [1.165, 1.54) is 24.2 Å². The third-order valence-corrected chi connectivity index (χ3v) is 3.10. The fourth-order valence-corrected chi connectivity index (χ4v) is 1.98. The summed E-state index contributed by atoms with van der Waals surface area (Å²) in [6, 6.07) is 0. The molecule has 1 aromatic rings. The zero-order valence-corrected chi connectivity index (χ0v) is 10.9. The van der Waals surface area contributed by atoms with Crippen LogP contribution in [0, 0.1) is 0 Å². The van der Waals surface area contributed by atoms with Crippen LogP contribution < -0.4 is 5.32 Å². The maximum absolute atomic E-state index is 11.5. The number of nitrogens with one attached hydrogen (secondary N) is 1. The van der Waals surface area contributed by atoms with Crippen molar-refractivity contribution in [1.82, 2.24) is 4.98 Å². The van der Waals surface area contributed by atoms with Gasteiger partial charge in [0.15, 0.2) is 5.13 Å². The first-order valence-electron chi connectivity index (χ1n) is 5.97. The van der Waals surface area contributed by atoms with Gasteiger partial charge in [0.1, 0.15) is 0 Å². The molecule has 1 heterocycles. The second-order valence-corrected chi connectivity index (χ2v) is 4.77. The van der Waals surface area contributed by atoms with Crippen molar-refractivity contribution in [2.45, 2.75) is 45.4 Å². The Labute approximate surface area is 105 Å². The van der Waals surface area contributed by atoms with Gasteiger partial charge in [-0.25, -0.2) is 4.98 Å². The predicted octanol–water partition coefficient (Wildman–Crippen LogP) is 3.01. The molecule has 4 nitrogen and oxygen atoms in total. The highest BCUT2D eigenvalue weighted by Gasteiger charge is 2.13. The number of anilines is 1. The van der Waals surface area contributed by atoms with E-state index >= 15 is 0 Å². The van der Waals surface area contributed by atoms with Gasteiger partial charge in [0.25, 0.3) is 5.91 Å². The van der Waals surface area contributed by atoms with Gasteiger partial charge in [0.2, 0.25) is 5.78 Å². The molecular weight excluding hydrogens is 236 g/mol. The molecule has 0 unspecified atom stereocenters. The average molecular weight is 254 g/mol. The number of Topliss-reactive ketones (excluding diaryl/α,β-unsaturated/α-hetero) is 1. The molecule has 1 aromatic heterocycles. The maximum Gasteiger partial charge on any atom is 0.293 e. The quantitative estimate of drug-likeness (QED) is 0.573. The fourth-order valence-electron chi connectivity index (χ4n) is 1.45. The largest absolute Gasteiger partial charge is 0.295 e. The summed E-state index contributed by atoms with van der Waals surface area (Å²) in [6.45, 7) is 2.15. The van der Waals surface area contributed by atoms with Gasteiger partial charge in [-0.15, -0.1) is 11.3 Å². The van der Waals surface area contributed by atoms with Crippen LogP contribution in [0.5, 0.6) is 0 Å². The summed E-state index contributed by atoms with van der Waals surface area (Å²) >= 11 is 1.31. The third kappa shape index (κ3) is 5.58. The van der Waals surface area contributed by atoms with Crippen LogP contribution in [0.4, 0.5) is 5.13 Å². The number of thiazole rings is 1. The lowest BCUT2D eigenvalue weighted by Gasteiger charge is -2.01. The summed E-state index contributed by atoms with van der Waals surface area (Å²) in [7, 11) is 0. The first kappa shape index (κ1) is 13.8. The Morgan fingerprint density at radius 1 is 1.29 bits per heavy atom. The zero-order valence-electron chi connectivity index (χ0n) is 10.1. The van der Waals surface area contributed by atoms with Gasteiger partial charge >= 0.3 is 0 Å². The van der Waals surface area contributed by atoms with E-state index in [-0.39, 0.29) is 5.78 Å². The molecule has 0 aliphatic carbocycles. The topological polar surface area (TPSA) is 59.1 Å². The number of amides is 1. The van der Waals surface area contributed by atoms with Crippen molar-refractivity contribution < 1.29 is 9.59 Å². The number of rotatable bonds is 8. The molecule has 17 heavy (non-hydrogen) atoms. The van der Waals surface area contributed by atoms with Gasteiger partial charge in [-0.1, -0.05) is 32.6 Å². The summed E-state index contributed by atoms with van der Waals surface area (Å²) in [5.74, 6) is -0.896. The van der Waals surface area contributed by atoms with E-state index in [0.717, 1.165) is 19.3 Å². The van der Waals surface area contributed by atoms with Gasteiger partial charge in [-0.05, 0) is 6.42 Å². The number of aromatic nitrogens is 1. The van der Waals surface area contributed by atoms with E-state index < -0.39 is 5.91 Å². The molecule has 0 saturated carbocycles. The van der Waals surface area contributed by atoms with Crippen molar-refractivity contribution in [2.24, 2.45) is 0 Å². The Kier molecular flexibility index (Phi) is 6.47. The maximum atomic E-state index is 11.5. The predicted molar refractivity (Wildman–Crippen MR) is 69.1 cm³/mol. The number of nitrogens with zero attached hydrogens (tertiary/aromatic N) is 1. The second-order valence-electron chi connectivity index (χ2n) is 3.88. The lowest BCUT2D eigenvalue weighted by molar-refractivity contribution is -0.134. The molecule has 1 rings (SSSR count). The summed E-state index contributed by atoms with van der Waals surface area (Å²) in [4.78, 5) is 26.8. The molecule has 0 aromatic carbocycles. The van der Waals surface area contributed by atoms with Crippen LogP contribution in [0.1, 0.15) is 45.4 Å². The van der Waals surface area contributed by atoms with Crippen LogP contribution >= 0.6 is 11.3 Å². The second kappa shape index (κ2) is 7.95. The molecule has 0 aliphatic rings. The monoisotopic (exact) mass is 254 g/mol. The van der Waals surface area contributed by atoms with E-state index in [1.807, 2.05) is 0 Å². The van der Waals surface area contributed by atoms with Crippen LogP contribution in [0.25, 0.3) is 0 Å². The van der Waals surface area contributed by atoms with Crippen molar-refractivity contribution in [3.8, 4) is 0 Å². The molecule has 0 atom stereocenters. The summed E-state index contributed by atoms with van der Waals surface area (Å²) in [5.41, 5.74) is 0. The summed E-state index contributed by atoms with van der Waals surface area (Å²) < 4.78 is 0. The van der Waals surface area contributed by atoms with Crippen molar-refractivity contribution in [2.75, 3.05) is 5.32 Å². The van der Waals surface area contributed by atoms with Crippen LogP contribution in [-0.4, -0.2) is 16.7 Å². The third-order valence-electron chi connectivity index (χ3n) is 2.41. The molecule has 94 valence electrons. The standard InChI is InChI=1S/C12H18N2O2S/c1-2-3-4-5-6-7-10(15)11(16)14-12-13-8-9-17-12/h8-9H,2-7H2,1H3,(H,13,14,16). The molecule has 1 N–H and O–H groups in total. The Hall–Kier alpha value is -1.23. The van der Waals surface area contributed by atoms with Crippen molar-refractivity contribution in [3.05, 3.63) is 11.6 Å². The summed E-state index contributed by atoms with van der Waals surface area (Å²) in [6.07, 6.45) is 7.25. The zero-order chi connectivity index (χ0) is 12.5. The SMILES string of the molecule is CCCCCCCC(=O)C(=O)Nc1nccs1. The highest BCUT2D eigenvalue weighted by molar-refractivity contribution is 7.13. The van der Waals surface area contributed by atoms with Crippen molar-refractivity contribution in [1.29, 1.82) is 0 Å². The van der Waals surface area contributed by atoms with Gasteiger partial charge in [0.05, 0.1) is 0 Å². The Balaban J connectivity index is 2.16. The smallest absolute Gasteiger partial charge is 0.293 e. The fraction of sp³-hybridized carbons (Fsp3) is 0.583. The van der Waals surface area contributed by atoms with Gasteiger partial charge in [-0.2, -0.15) is 0 Å². The lowest BCUT2D eigenvalue weighted by Crippen LogP contribution is -2.22. The van der Waals surface area contributed by atoms with Gasteiger partial charge < -0.3 is 0 Å². The van der Waals surface area contributed by atoms with E-state index in [4.69, 9.17) is 0 Å². The molecular formula is C12H18N2O2S. The lowest BCUT2D eigenvalue weighted by atomic mass is 10.1. The minimum atomic E-state index is -0.546. The average Bonchev–Trinajstić information content (AvgIpc) is 2.81. The van der Waals surface area contributed by atoms with Gasteiger partial charge in [-0.3, -0.25) is 14.9 Å². The Morgan fingerprint density at radius 2 is 2.06 bits per heavy atom. The van der Waals surface area contributed by atoms with E-state index in [9.17, 15) is 9.59 Å². The highest BCUT2D eigenvalue weighted by Crippen LogP contribution is 2.11. The molecule has 0 radical (unpaired) electrons. The minimum Gasteiger partial charge on any atom is -0.295 e. The molecule has 0 bridgehead atoms. The van der Waals surface area contributed by atoms with Crippen molar-refractivity contribution >= 4 is 28.2 Å². The number of carbonyl (C=O) groups excluding carboxylic acids is 2. The minimum absolute atomic E-state index is 0.334. The van der Waals surface area contributed by atoms with Crippen LogP contribution in [0.15, 0.2) is 11.6 Å². The Morgan fingerprint density at radius 3 is 2.71 bits per heavy atom. The molecule has 5 heteroatoms. The number of ketones is 1. The van der Waals surface area contributed by atoms with E-state index in [0.29, 0.717) is 11.6 Å². The van der Waals surface area contributed by atoms with E-state index in [1.54, 1.807) is 11.6 Å². The number of carbonyl (C=O) groups is 2. The Bertz CT molecular complexity index is 349. The molecule has 0 aliphatic heterocycles. The first-order valence-corrected chi connectivity index (χ1v) is 6.85. The molecule has 0 saturated heterocycles. The molecule has 1 amide bonds. The van der Waals surface area contributed by atoms with E-state index in [2.05, 4.69) is 17.2 Å². The van der Waals surface area contributed by atoms with Crippen molar-refractivity contribution in [3.63, 3.8) is 0 Å². The summed E-state index contributed by atoms with van der Waals surface area (Å²) in [5, 5.41) is 4.73. The highest BCUT2D eigenvalue weighted by atomic mass is 32.1. The number of hydrogen-bond donors (Lipinski definition) is 1. The van der Waals surface area contributed by atoms with Crippen LogP contribution in [0.3, 0.4) is 0 Å².